The van der Waals surface area contributed by atoms with Gasteiger partial charge in [-0.25, -0.2) is 13.6 Å². The van der Waals surface area contributed by atoms with E-state index in [0.717, 1.165) is 0 Å². The van der Waals surface area contributed by atoms with Gasteiger partial charge in [-0.15, -0.1) is 0 Å². The van der Waals surface area contributed by atoms with E-state index in [1.165, 1.54) is 10.6 Å². The second-order valence-electron chi connectivity index (χ2n) is 9.69. The van der Waals surface area contributed by atoms with E-state index in [1.54, 1.807) is 6.07 Å². The molecule has 0 unspecified atom stereocenters. The number of carbonyl (C=O) groups is 3. The summed E-state index contributed by atoms with van der Waals surface area (Å²) < 4.78 is 33.0. The number of nitrogens with zero attached hydrogens (tertiary/aromatic N) is 2. The summed E-state index contributed by atoms with van der Waals surface area (Å²) in [6.07, 6.45) is 0.767. The lowest BCUT2D eigenvalue weighted by atomic mass is 9.87. The molecule has 3 heterocycles. The number of halogens is 2. The van der Waals surface area contributed by atoms with E-state index in [1.807, 2.05) is 6.07 Å². The Balaban J connectivity index is 1.36. The van der Waals surface area contributed by atoms with Crippen LogP contribution >= 0.6 is 0 Å². The molecule has 0 radical (unpaired) electrons. The second-order valence-corrected chi connectivity index (χ2v) is 9.69. The van der Waals surface area contributed by atoms with Crippen molar-refractivity contribution < 1.29 is 27.9 Å². The van der Waals surface area contributed by atoms with Crippen LogP contribution in [0.15, 0.2) is 16.9 Å². The Labute approximate surface area is 206 Å². The summed E-state index contributed by atoms with van der Waals surface area (Å²) in [5.41, 5.74) is -0.0351. The number of anilines is 1. The molecule has 3 amide bonds. The Morgan fingerprint density at radius 2 is 1.97 bits per heavy atom. The highest BCUT2D eigenvalue weighted by molar-refractivity contribution is 5.85. The Bertz CT molecular complexity index is 1120. The Morgan fingerprint density at radius 1 is 1.22 bits per heavy atom. The van der Waals surface area contributed by atoms with Crippen molar-refractivity contribution in [3.05, 3.63) is 28.2 Å². The summed E-state index contributed by atoms with van der Waals surface area (Å²) >= 11 is 0. The number of hydrogen-bond acceptors (Lipinski definition) is 6. The van der Waals surface area contributed by atoms with Crippen LogP contribution in [-0.4, -0.2) is 47.6 Å². The molecular weight excluding hydrogens is 476 g/mol. The maximum atomic E-state index is 13.3. The van der Waals surface area contributed by atoms with Crippen molar-refractivity contribution >= 4 is 23.6 Å². The first kappa shape index (κ1) is 25.6. The molecule has 194 valence electrons. The summed E-state index contributed by atoms with van der Waals surface area (Å²) in [6, 6.07) is 3.35. The number of hydrogen-bond donors (Lipinski definition) is 3. The van der Waals surface area contributed by atoms with Gasteiger partial charge in [0.25, 0.3) is 5.56 Å². The zero-order chi connectivity index (χ0) is 25.9. The average Bonchev–Trinajstić information content (AvgIpc) is 3.46. The fourth-order valence-corrected chi connectivity index (χ4v) is 5.07. The van der Waals surface area contributed by atoms with Crippen LogP contribution in [0.3, 0.4) is 0 Å². The van der Waals surface area contributed by atoms with Crippen LogP contribution in [0, 0.1) is 23.2 Å². The number of amides is 3. The monoisotopic (exact) mass is 505 g/mol. The lowest BCUT2D eigenvalue weighted by Crippen LogP contribution is -2.42. The first-order chi connectivity index (χ1) is 17.2. The number of nitrogens with one attached hydrogen (secondary N) is 3. The molecule has 36 heavy (non-hydrogen) atoms. The van der Waals surface area contributed by atoms with Crippen molar-refractivity contribution in [1.29, 1.82) is 5.26 Å². The first-order valence-corrected chi connectivity index (χ1v) is 12.2. The van der Waals surface area contributed by atoms with Crippen LogP contribution < -0.4 is 21.5 Å². The number of nitriles is 1. The highest BCUT2D eigenvalue weighted by atomic mass is 19.3. The predicted octanol–water partition coefficient (Wildman–Crippen LogP) is 2.24. The second kappa shape index (κ2) is 10.6. The summed E-state index contributed by atoms with van der Waals surface area (Å²) in [5.74, 6) is -3.82. The molecule has 3 atom stereocenters. The molecule has 12 heteroatoms. The lowest BCUT2D eigenvalue weighted by Gasteiger charge is -2.27. The van der Waals surface area contributed by atoms with E-state index in [0.29, 0.717) is 31.5 Å². The number of alkyl halides is 2. The van der Waals surface area contributed by atoms with Crippen molar-refractivity contribution in [3.63, 3.8) is 0 Å². The minimum atomic E-state index is -2.67. The molecular formula is C24H29F2N5O5. The molecule has 1 aliphatic carbocycles. The Morgan fingerprint density at radius 3 is 2.64 bits per heavy atom. The van der Waals surface area contributed by atoms with Gasteiger partial charge in [0.15, 0.2) is 0 Å². The molecule has 1 saturated carbocycles. The van der Waals surface area contributed by atoms with Gasteiger partial charge in [-0.05, 0) is 56.6 Å². The highest BCUT2D eigenvalue weighted by Gasteiger charge is 2.36. The zero-order valence-electron chi connectivity index (χ0n) is 19.7. The third-order valence-electron chi connectivity index (χ3n) is 7.17. The van der Waals surface area contributed by atoms with E-state index in [9.17, 15) is 33.2 Å². The maximum absolute atomic E-state index is 13.3. The van der Waals surface area contributed by atoms with E-state index in [2.05, 4.69) is 16.0 Å². The van der Waals surface area contributed by atoms with Crippen molar-refractivity contribution in [2.45, 2.75) is 69.4 Å². The van der Waals surface area contributed by atoms with Gasteiger partial charge in [0.05, 0.1) is 12.7 Å². The van der Waals surface area contributed by atoms with Crippen LogP contribution in [-0.2, 0) is 20.7 Å². The van der Waals surface area contributed by atoms with Gasteiger partial charge in [-0.1, -0.05) is 0 Å². The molecule has 10 nitrogen and oxygen atoms in total. The minimum absolute atomic E-state index is 0.0201. The molecule has 0 spiro atoms. The average molecular weight is 506 g/mol. The maximum Gasteiger partial charge on any atom is 0.411 e. The molecule has 1 aromatic rings. The van der Waals surface area contributed by atoms with E-state index in [-0.39, 0.29) is 62.1 Å². The van der Waals surface area contributed by atoms with Gasteiger partial charge in [-0.2, -0.15) is 5.26 Å². The predicted molar refractivity (Wildman–Crippen MR) is 123 cm³/mol. The molecule has 0 aromatic carbocycles. The fraction of sp³-hybridized carbons (Fsp3) is 0.625. The number of rotatable bonds is 7. The van der Waals surface area contributed by atoms with Gasteiger partial charge >= 0.3 is 6.09 Å². The highest BCUT2D eigenvalue weighted by Crippen LogP contribution is 2.36. The topological polar surface area (TPSA) is 142 Å². The van der Waals surface area contributed by atoms with Crippen LogP contribution in [0.4, 0.5) is 19.3 Å². The molecule has 3 N–H and O–H groups in total. The summed E-state index contributed by atoms with van der Waals surface area (Å²) in [4.78, 5) is 50.1. The molecule has 4 rings (SSSR count). The van der Waals surface area contributed by atoms with E-state index < -0.39 is 35.6 Å². The number of pyridine rings is 1. The lowest BCUT2D eigenvalue weighted by molar-refractivity contribution is -0.126. The standard InChI is InChI=1S/C24H29F2N5O5/c25-24(26)8-5-14(6-9-24)13-36-23(35)30-18-3-1-17-2-4-19(31(17)22(18)34)21(33)29-16(12-27)11-15-7-10-28-20(15)32/h1,3,14-16,19H,2,4-11,13H2,(H,28,32)(H,29,33)(H,30,35)/t15-,16-,19-/m0/s1. The van der Waals surface area contributed by atoms with Crippen molar-refractivity contribution in [1.82, 2.24) is 15.2 Å². The number of ether oxygens (including phenoxy) is 1. The molecule has 0 bridgehead atoms. The zero-order valence-corrected chi connectivity index (χ0v) is 19.7. The first-order valence-electron chi connectivity index (χ1n) is 12.2. The number of fused-ring (bicyclic) bond motifs is 1. The normalized spacial score (nSPS) is 23.8. The van der Waals surface area contributed by atoms with E-state index in [4.69, 9.17) is 4.74 Å². The molecule has 2 aliphatic heterocycles. The van der Waals surface area contributed by atoms with Crippen LogP contribution in [0.25, 0.3) is 0 Å². The molecule has 2 fully saturated rings. The molecule has 1 saturated heterocycles. The van der Waals surface area contributed by atoms with Gasteiger partial charge in [-0.3, -0.25) is 24.3 Å². The van der Waals surface area contributed by atoms with Crippen LogP contribution in [0.1, 0.15) is 56.7 Å². The Hall–Kier alpha value is -3.49. The van der Waals surface area contributed by atoms with Crippen LogP contribution in [0.2, 0.25) is 0 Å². The Kier molecular flexibility index (Phi) is 7.56. The van der Waals surface area contributed by atoms with E-state index >= 15 is 0 Å². The number of aryl methyl sites for hydroxylation is 1. The van der Waals surface area contributed by atoms with Gasteiger partial charge in [0, 0.05) is 31.0 Å². The van der Waals surface area contributed by atoms with Gasteiger partial charge < -0.3 is 15.4 Å². The molecule has 1 aromatic heterocycles. The largest absolute Gasteiger partial charge is 0.449 e. The SMILES string of the molecule is N#C[C@H](C[C@@H]1CCNC1=O)NC(=O)[C@@H]1CCc2ccc(NC(=O)OCC3CCC(F)(F)CC3)c(=O)n21. The number of aromatic nitrogens is 1. The number of carbonyl (C=O) groups excluding carboxylic acids is 3. The third-order valence-corrected chi connectivity index (χ3v) is 7.17. The summed E-state index contributed by atoms with van der Waals surface area (Å²) in [5, 5.41) is 17.2. The van der Waals surface area contributed by atoms with Gasteiger partial charge in [0.2, 0.25) is 17.7 Å². The molecule has 3 aliphatic rings. The van der Waals surface area contributed by atoms with Crippen LogP contribution in [0.5, 0.6) is 0 Å². The van der Waals surface area contributed by atoms with Crippen molar-refractivity contribution in [3.8, 4) is 6.07 Å². The van der Waals surface area contributed by atoms with Gasteiger partial charge in [0.1, 0.15) is 17.8 Å². The third kappa shape index (κ3) is 5.83. The fourth-order valence-electron chi connectivity index (χ4n) is 5.07. The quantitative estimate of drug-likeness (QED) is 0.519. The summed E-state index contributed by atoms with van der Waals surface area (Å²) in [7, 11) is 0. The summed E-state index contributed by atoms with van der Waals surface area (Å²) in [6.45, 7) is 0.517. The minimum Gasteiger partial charge on any atom is -0.449 e. The smallest absolute Gasteiger partial charge is 0.411 e. The van der Waals surface area contributed by atoms with Crippen molar-refractivity contribution in [2.24, 2.45) is 11.8 Å². The van der Waals surface area contributed by atoms with Crippen molar-refractivity contribution in [2.75, 3.05) is 18.5 Å².